The van der Waals surface area contributed by atoms with Gasteiger partial charge in [0.05, 0.1) is 0 Å². The highest BCUT2D eigenvalue weighted by atomic mass is 35.5. The number of hydrogen-bond donors (Lipinski definition) is 0. The van der Waals surface area contributed by atoms with Crippen molar-refractivity contribution in [3.63, 3.8) is 0 Å². The summed E-state index contributed by atoms with van der Waals surface area (Å²) in [6, 6.07) is 8.32. The van der Waals surface area contributed by atoms with E-state index in [1.54, 1.807) is 6.08 Å². The highest BCUT2D eigenvalue weighted by Crippen LogP contribution is 2.32. The average Bonchev–Trinajstić information content (AvgIpc) is 2.17. The zero-order valence-corrected chi connectivity index (χ0v) is 9.42. The van der Waals surface area contributed by atoms with Crippen LogP contribution in [0, 0.1) is 6.92 Å². The summed E-state index contributed by atoms with van der Waals surface area (Å²) in [4.78, 5) is 11.4. The molecule has 0 fully saturated rings. The molecule has 0 heterocycles. The largest absolute Gasteiger partial charge is 0.295 e. The van der Waals surface area contributed by atoms with Gasteiger partial charge in [0.1, 0.15) is 0 Å². The number of carbonyl (C=O) groups excluding carboxylic acids is 1. The van der Waals surface area contributed by atoms with E-state index < -0.39 is 0 Å². The minimum Gasteiger partial charge on any atom is -0.295 e. The molecule has 1 nitrogen and oxygen atoms in total. The van der Waals surface area contributed by atoms with Gasteiger partial charge in [-0.05, 0) is 30.9 Å². The van der Waals surface area contributed by atoms with Crippen LogP contribution in [0.25, 0.3) is 0 Å². The third-order valence-electron chi connectivity index (χ3n) is 2.76. The van der Waals surface area contributed by atoms with Crippen molar-refractivity contribution in [1.29, 1.82) is 0 Å². The number of halogens is 1. The molecule has 0 spiro atoms. The van der Waals surface area contributed by atoms with Crippen molar-refractivity contribution in [1.82, 2.24) is 0 Å². The lowest BCUT2D eigenvalue weighted by molar-refractivity contribution is -0.115. The second kappa shape index (κ2) is 4.19. The lowest BCUT2D eigenvalue weighted by Gasteiger charge is -2.19. The Morgan fingerprint density at radius 3 is 2.47 bits per heavy atom. The molecule has 1 aromatic rings. The van der Waals surface area contributed by atoms with Gasteiger partial charge >= 0.3 is 0 Å². The molecule has 1 aromatic carbocycles. The van der Waals surface area contributed by atoms with Crippen LogP contribution in [0.5, 0.6) is 0 Å². The Bertz CT molecular complexity index is 403. The fourth-order valence-corrected chi connectivity index (χ4v) is 2.23. The van der Waals surface area contributed by atoms with Crippen molar-refractivity contribution in [3.05, 3.63) is 46.5 Å². The van der Waals surface area contributed by atoms with Crippen molar-refractivity contribution >= 4 is 17.4 Å². The Kier molecular flexibility index (Phi) is 2.92. The molecule has 0 radical (unpaired) electrons. The number of aryl methyl sites for hydroxylation is 1. The molecule has 0 N–H and O–H groups in total. The van der Waals surface area contributed by atoms with E-state index >= 15 is 0 Å². The Labute approximate surface area is 94.8 Å². The van der Waals surface area contributed by atoms with E-state index in [2.05, 4.69) is 31.2 Å². The Balaban J connectivity index is 2.22. The number of hydrogen-bond acceptors (Lipinski definition) is 1. The first-order chi connectivity index (χ1) is 7.15. The summed E-state index contributed by atoms with van der Waals surface area (Å²) in [5.41, 5.74) is 2.45. The van der Waals surface area contributed by atoms with Crippen LogP contribution in [0.15, 0.2) is 35.4 Å². The van der Waals surface area contributed by atoms with Gasteiger partial charge in [0.25, 0.3) is 0 Å². The van der Waals surface area contributed by atoms with Crippen molar-refractivity contribution in [2.75, 3.05) is 0 Å². The quantitative estimate of drug-likeness (QED) is 0.707. The topological polar surface area (TPSA) is 17.1 Å². The van der Waals surface area contributed by atoms with Gasteiger partial charge in [0.2, 0.25) is 0 Å². The molecular formula is C13H13ClO. The van der Waals surface area contributed by atoms with E-state index in [0.717, 1.165) is 6.42 Å². The standard InChI is InChI=1S/C13H13ClO/c1-9-2-4-10(5-3-9)11-6-12(14)8-13(15)7-11/h2-5,8,11H,6-7H2,1H3/t11-/m0/s1. The van der Waals surface area contributed by atoms with Gasteiger partial charge in [-0.25, -0.2) is 0 Å². The Hall–Kier alpha value is -1.08. The van der Waals surface area contributed by atoms with Gasteiger partial charge in [0.15, 0.2) is 5.78 Å². The maximum absolute atomic E-state index is 11.4. The van der Waals surface area contributed by atoms with E-state index in [0.29, 0.717) is 11.5 Å². The van der Waals surface area contributed by atoms with Gasteiger partial charge in [-0.15, -0.1) is 0 Å². The normalized spacial score (nSPS) is 21.3. The van der Waals surface area contributed by atoms with E-state index in [9.17, 15) is 4.79 Å². The Morgan fingerprint density at radius 2 is 1.87 bits per heavy atom. The van der Waals surface area contributed by atoms with E-state index in [1.165, 1.54) is 11.1 Å². The molecule has 1 aliphatic rings. The second-order valence-electron chi connectivity index (χ2n) is 4.07. The minimum absolute atomic E-state index is 0.136. The molecule has 0 saturated heterocycles. The van der Waals surface area contributed by atoms with Crippen LogP contribution >= 0.6 is 11.6 Å². The van der Waals surface area contributed by atoms with E-state index in [4.69, 9.17) is 11.6 Å². The van der Waals surface area contributed by atoms with Crippen LogP contribution in [0.2, 0.25) is 0 Å². The lowest BCUT2D eigenvalue weighted by atomic mass is 9.87. The molecule has 78 valence electrons. The summed E-state index contributed by atoms with van der Waals surface area (Å²) in [7, 11) is 0. The van der Waals surface area contributed by atoms with Gasteiger partial charge < -0.3 is 0 Å². The molecule has 0 aliphatic heterocycles. The van der Waals surface area contributed by atoms with Crippen LogP contribution in [0.4, 0.5) is 0 Å². The predicted molar refractivity (Wildman–Crippen MR) is 62.1 cm³/mol. The summed E-state index contributed by atoms with van der Waals surface area (Å²) in [6.45, 7) is 2.06. The number of carbonyl (C=O) groups is 1. The van der Waals surface area contributed by atoms with Gasteiger partial charge in [-0.1, -0.05) is 41.4 Å². The lowest BCUT2D eigenvalue weighted by Crippen LogP contribution is -2.10. The molecule has 2 rings (SSSR count). The summed E-state index contributed by atoms with van der Waals surface area (Å²) >= 11 is 5.93. The second-order valence-corrected chi connectivity index (χ2v) is 4.56. The zero-order chi connectivity index (χ0) is 10.8. The highest BCUT2D eigenvalue weighted by molar-refractivity contribution is 6.31. The van der Waals surface area contributed by atoms with Crippen LogP contribution < -0.4 is 0 Å². The molecule has 1 atom stereocenters. The smallest absolute Gasteiger partial charge is 0.157 e. The maximum atomic E-state index is 11.4. The van der Waals surface area contributed by atoms with E-state index in [1.807, 2.05) is 0 Å². The van der Waals surface area contributed by atoms with E-state index in [-0.39, 0.29) is 11.7 Å². The van der Waals surface area contributed by atoms with Crippen LogP contribution in [0.1, 0.15) is 29.9 Å². The first kappa shape index (κ1) is 10.4. The first-order valence-electron chi connectivity index (χ1n) is 5.10. The maximum Gasteiger partial charge on any atom is 0.157 e. The number of ketones is 1. The van der Waals surface area contributed by atoms with Crippen molar-refractivity contribution in [2.45, 2.75) is 25.7 Å². The van der Waals surface area contributed by atoms with Gasteiger partial charge in [-0.3, -0.25) is 4.79 Å². The van der Waals surface area contributed by atoms with Crippen LogP contribution in [-0.2, 0) is 4.79 Å². The third kappa shape index (κ3) is 2.48. The molecule has 0 unspecified atom stereocenters. The molecule has 15 heavy (non-hydrogen) atoms. The monoisotopic (exact) mass is 220 g/mol. The molecule has 0 aromatic heterocycles. The number of benzene rings is 1. The summed E-state index contributed by atoms with van der Waals surface area (Å²) in [5, 5.41) is 0.678. The number of allylic oxidation sites excluding steroid dienone is 2. The average molecular weight is 221 g/mol. The molecule has 0 bridgehead atoms. The summed E-state index contributed by atoms with van der Waals surface area (Å²) < 4.78 is 0. The molecular weight excluding hydrogens is 208 g/mol. The summed E-state index contributed by atoms with van der Waals surface area (Å²) in [6.07, 6.45) is 2.92. The van der Waals surface area contributed by atoms with Crippen molar-refractivity contribution in [2.24, 2.45) is 0 Å². The van der Waals surface area contributed by atoms with Gasteiger partial charge in [-0.2, -0.15) is 0 Å². The third-order valence-corrected chi connectivity index (χ3v) is 3.02. The first-order valence-corrected chi connectivity index (χ1v) is 5.48. The summed E-state index contributed by atoms with van der Waals surface area (Å²) in [5.74, 6) is 0.396. The Morgan fingerprint density at radius 1 is 1.20 bits per heavy atom. The molecule has 1 aliphatic carbocycles. The zero-order valence-electron chi connectivity index (χ0n) is 8.66. The van der Waals surface area contributed by atoms with Crippen molar-refractivity contribution < 1.29 is 4.79 Å². The molecule has 2 heteroatoms. The molecule has 0 saturated carbocycles. The fraction of sp³-hybridized carbons (Fsp3) is 0.308. The van der Waals surface area contributed by atoms with Gasteiger partial charge in [0, 0.05) is 11.5 Å². The predicted octanol–water partition coefficient (Wildman–Crippen LogP) is 3.56. The van der Waals surface area contributed by atoms with Crippen molar-refractivity contribution in [3.8, 4) is 0 Å². The van der Waals surface area contributed by atoms with Crippen LogP contribution in [0.3, 0.4) is 0 Å². The number of rotatable bonds is 1. The SMILES string of the molecule is Cc1ccc([C@@H]2CC(=O)C=C(Cl)C2)cc1. The fourth-order valence-electron chi connectivity index (χ4n) is 1.92. The minimum atomic E-state index is 0.136. The molecule has 0 amide bonds. The highest BCUT2D eigenvalue weighted by Gasteiger charge is 2.20. The van der Waals surface area contributed by atoms with Crippen LogP contribution in [-0.4, -0.2) is 5.78 Å².